The van der Waals surface area contributed by atoms with Crippen molar-refractivity contribution in [2.75, 3.05) is 38.2 Å². The molecule has 1 unspecified atom stereocenters. The highest BCUT2D eigenvalue weighted by Gasteiger charge is 2.34. The third-order valence-electron chi connectivity index (χ3n) is 9.30. The number of likely N-dealkylation sites (tertiary alicyclic amines) is 1. The number of ether oxygens (including phenoxy) is 1. The number of likely N-dealkylation sites (N-methyl/N-ethyl adjacent to an activating group) is 1. The number of anilines is 1. The molecule has 2 aliphatic rings. The van der Waals surface area contributed by atoms with E-state index in [2.05, 4.69) is 67.6 Å². The fourth-order valence-corrected chi connectivity index (χ4v) is 7.20. The Morgan fingerprint density at radius 1 is 1.09 bits per heavy atom. The number of halogens is 1. The van der Waals surface area contributed by atoms with Gasteiger partial charge in [-0.05, 0) is 81.1 Å². The Morgan fingerprint density at radius 3 is 2.68 bits per heavy atom. The molecule has 44 heavy (non-hydrogen) atoms. The first-order chi connectivity index (χ1) is 21.3. The number of nitrogens with zero attached hydrogens (tertiary/aromatic N) is 5. The molecular formula is C35H36ClN5O3. The summed E-state index contributed by atoms with van der Waals surface area (Å²) in [5.41, 5.74) is 3.43. The molecule has 226 valence electrons. The second-order valence-electron chi connectivity index (χ2n) is 12.1. The minimum atomic E-state index is -0.0620. The third-order valence-corrected chi connectivity index (χ3v) is 9.61. The van der Waals surface area contributed by atoms with Crippen LogP contribution in [0.3, 0.4) is 0 Å². The van der Waals surface area contributed by atoms with E-state index in [-0.39, 0.29) is 18.0 Å². The van der Waals surface area contributed by atoms with E-state index >= 15 is 0 Å². The Bertz CT molecular complexity index is 1900. The standard InChI is InChI=1S/C35H36ClN5O3/c1-5-30(42)40-18-22(3)41(19-21(40)2)34-32-29(37-35(38-34)44-20-24-11-8-15-39(24)4)17-27(26-14-16-43-33(26)32)25-12-6-9-23-10-7-13-28(36)31(23)25/h5-7,9-10,12-14,16-17,21-22,24H,1,8,11,15,18-20H2,2-4H3/t21-,22+,24?/m1/s1. The minimum Gasteiger partial charge on any atom is -0.463 e. The summed E-state index contributed by atoms with van der Waals surface area (Å²) in [6, 6.07) is 16.9. The van der Waals surface area contributed by atoms with E-state index in [1.165, 1.54) is 6.08 Å². The lowest BCUT2D eigenvalue weighted by atomic mass is 9.94. The van der Waals surface area contributed by atoms with Crippen molar-refractivity contribution in [3.05, 3.63) is 72.5 Å². The van der Waals surface area contributed by atoms with Crippen LogP contribution in [0.5, 0.6) is 6.01 Å². The summed E-state index contributed by atoms with van der Waals surface area (Å²) in [4.78, 5) is 29.1. The van der Waals surface area contributed by atoms with Gasteiger partial charge in [0.05, 0.1) is 17.2 Å². The summed E-state index contributed by atoms with van der Waals surface area (Å²) in [5.74, 6) is 0.686. The molecule has 0 saturated carbocycles. The predicted molar refractivity (Wildman–Crippen MR) is 177 cm³/mol. The van der Waals surface area contributed by atoms with E-state index in [1.807, 2.05) is 23.1 Å². The molecule has 3 atom stereocenters. The number of piperazine rings is 1. The summed E-state index contributed by atoms with van der Waals surface area (Å²) in [6.45, 7) is 10.6. The summed E-state index contributed by atoms with van der Waals surface area (Å²) in [7, 11) is 2.13. The van der Waals surface area contributed by atoms with Crippen molar-refractivity contribution in [3.63, 3.8) is 0 Å². The average molecular weight is 610 g/mol. The number of furan rings is 1. The number of amides is 1. The monoisotopic (exact) mass is 609 g/mol. The van der Waals surface area contributed by atoms with Crippen molar-refractivity contribution >= 4 is 56.0 Å². The lowest BCUT2D eigenvalue weighted by Crippen LogP contribution is -2.58. The predicted octanol–water partition coefficient (Wildman–Crippen LogP) is 6.93. The molecule has 0 spiro atoms. The van der Waals surface area contributed by atoms with Gasteiger partial charge in [0.15, 0.2) is 0 Å². The fourth-order valence-electron chi connectivity index (χ4n) is 6.92. The molecule has 0 radical (unpaired) electrons. The van der Waals surface area contributed by atoms with Gasteiger partial charge in [-0.25, -0.2) is 0 Å². The number of carbonyl (C=O) groups is 1. The average Bonchev–Trinajstić information content (AvgIpc) is 3.68. The highest BCUT2D eigenvalue weighted by Crippen LogP contribution is 2.43. The zero-order valence-electron chi connectivity index (χ0n) is 25.3. The molecular weight excluding hydrogens is 574 g/mol. The number of benzene rings is 3. The first-order valence-electron chi connectivity index (χ1n) is 15.3. The minimum absolute atomic E-state index is 0.0106. The zero-order valence-corrected chi connectivity index (χ0v) is 26.1. The van der Waals surface area contributed by atoms with Crippen LogP contribution in [0.4, 0.5) is 5.82 Å². The smallest absolute Gasteiger partial charge is 0.319 e. The van der Waals surface area contributed by atoms with E-state index in [4.69, 9.17) is 30.7 Å². The van der Waals surface area contributed by atoms with E-state index in [0.717, 1.165) is 63.4 Å². The van der Waals surface area contributed by atoms with Crippen LogP contribution < -0.4 is 9.64 Å². The highest BCUT2D eigenvalue weighted by molar-refractivity contribution is 6.37. The lowest BCUT2D eigenvalue weighted by Gasteiger charge is -2.44. The van der Waals surface area contributed by atoms with E-state index in [1.54, 1.807) is 6.26 Å². The van der Waals surface area contributed by atoms with Crippen LogP contribution in [0.25, 0.3) is 43.8 Å². The van der Waals surface area contributed by atoms with Crippen molar-refractivity contribution in [1.29, 1.82) is 0 Å². The number of fused-ring (bicyclic) bond motifs is 4. The van der Waals surface area contributed by atoms with Crippen LogP contribution in [0.1, 0.15) is 26.7 Å². The number of carbonyl (C=O) groups excluding carboxylic acids is 1. The van der Waals surface area contributed by atoms with Gasteiger partial charge in [0.1, 0.15) is 18.0 Å². The topological polar surface area (TPSA) is 74.9 Å². The van der Waals surface area contributed by atoms with E-state index in [9.17, 15) is 4.79 Å². The van der Waals surface area contributed by atoms with Crippen LogP contribution in [0, 0.1) is 0 Å². The van der Waals surface area contributed by atoms with Crippen molar-refractivity contribution in [2.24, 2.45) is 0 Å². The second-order valence-corrected chi connectivity index (χ2v) is 12.5. The Balaban J connectivity index is 1.42. The molecule has 0 bridgehead atoms. The molecule has 3 aromatic carbocycles. The van der Waals surface area contributed by atoms with Crippen molar-refractivity contribution in [3.8, 4) is 17.1 Å². The van der Waals surface area contributed by atoms with Gasteiger partial charge >= 0.3 is 6.01 Å². The van der Waals surface area contributed by atoms with E-state index in [0.29, 0.717) is 42.4 Å². The van der Waals surface area contributed by atoms with Gasteiger partial charge in [-0.1, -0.05) is 48.5 Å². The van der Waals surface area contributed by atoms with Crippen molar-refractivity contribution < 1.29 is 13.9 Å². The molecule has 5 aromatic rings. The number of hydrogen-bond donors (Lipinski definition) is 0. The molecule has 2 saturated heterocycles. The summed E-state index contributed by atoms with van der Waals surface area (Å²) in [5, 5.41) is 4.52. The number of rotatable bonds is 6. The lowest BCUT2D eigenvalue weighted by molar-refractivity contribution is -0.128. The van der Waals surface area contributed by atoms with Crippen molar-refractivity contribution in [2.45, 2.75) is 44.8 Å². The van der Waals surface area contributed by atoms with E-state index < -0.39 is 0 Å². The van der Waals surface area contributed by atoms with Crippen LogP contribution in [0.2, 0.25) is 5.02 Å². The highest BCUT2D eigenvalue weighted by atomic mass is 35.5. The fraction of sp³-hybridized carbons (Fsp3) is 0.343. The molecule has 4 heterocycles. The Labute approximate surface area is 261 Å². The molecule has 2 fully saturated rings. The van der Waals surface area contributed by atoms with Crippen LogP contribution in [-0.4, -0.2) is 77.1 Å². The van der Waals surface area contributed by atoms with Gasteiger partial charge in [-0.3, -0.25) is 4.79 Å². The van der Waals surface area contributed by atoms with Crippen molar-refractivity contribution in [1.82, 2.24) is 19.8 Å². The second kappa shape index (κ2) is 11.4. The number of aromatic nitrogens is 2. The van der Waals surface area contributed by atoms with Gasteiger partial charge in [-0.15, -0.1) is 0 Å². The zero-order chi connectivity index (χ0) is 30.5. The maximum absolute atomic E-state index is 12.6. The SMILES string of the molecule is C=CC(=O)N1C[C@H](C)N(c2nc(OCC3CCCN3C)nc3cc(-c4cccc5cccc(Cl)c45)c4ccoc4c23)C[C@H]1C. The molecule has 2 aliphatic heterocycles. The summed E-state index contributed by atoms with van der Waals surface area (Å²) >= 11 is 6.78. The first kappa shape index (κ1) is 28.6. The molecule has 1 amide bonds. The molecule has 9 heteroatoms. The number of hydrogen-bond acceptors (Lipinski definition) is 7. The molecule has 2 aromatic heterocycles. The first-order valence-corrected chi connectivity index (χ1v) is 15.6. The Kier molecular flexibility index (Phi) is 7.42. The van der Waals surface area contributed by atoms with Gasteiger partial charge < -0.3 is 23.9 Å². The Hall–Kier alpha value is -4.14. The van der Waals surface area contributed by atoms with Gasteiger partial charge in [0.2, 0.25) is 5.91 Å². The molecule has 0 aliphatic carbocycles. The largest absolute Gasteiger partial charge is 0.463 e. The summed E-state index contributed by atoms with van der Waals surface area (Å²) < 4.78 is 12.6. The molecule has 8 nitrogen and oxygen atoms in total. The van der Waals surface area contributed by atoms with Gasteiger partial charge in [-0.2, -0.15) is 9.97 Å². The Morgan fingerprint density at radius 2 is 1.91 bits per heavy atom. The maximum atomic E-state index is 12.6. The quantitative estimate of drug-likeness (QED) is 0.193. The third kappa shape index (κ3) is 4.86. The molecule has 0 N–H and O–H groups in total. The van der Waals surface area contributed by atoms with Crippen LogP contribution in [0.15, 0.2) is 71.9 Å². The normalized spacial score (nSPS) is 21.0. The van der Waals surface area contributed by atoms with Gasteiger partial charge in [0, 0.05) is 47.0 Å². The van der Waals surface area contributed by atoms with Gasteiger partial charge in [0.25, 0.3) is 0 Å². The van der Waals surface area contributed by atoms with Crippen LogP contribution >= 0.6 is 11.6 Å². The maximum Gasteiger partial charge on any atom is 0.319 e. The summed E-state index contributed by atoms with van der Waals surface area (Å²) in [6.07, 6.45) is 5.35. The molecule has 7 rings (SSSR count). The van der Waals surface area contributed by atoms with Crippen LogP contribution in [-0.2, 0) is 4.79 Å².